The molecule has 0 bridgehead atoms. The molecule has 2 aromatic carbocycles. The Morgan fingerprint density at radius 3 is 2.75 bits per heavy atom. The molecule has 166 valence electrons. The molecule has 8 heteroatoms. The molecule has 2 aromatic rings. The molecular weight excluding hydrogens is 428 g/mol. The molecule has 1 N–H and O–H groups in total. The summed E-state index contributed by atoms with van der Waals surface area (Å²) in [5, 5.41) is 3.73. The number of hydrogen-bond acceptors (Lipinski definition) is 6. The number of rotatable bonds is 6. The van der Waals surface area contributed by atoms with Crippen molar-refractivity contribution >= 4 is 29.0 Å². The number of nitrogens with one attached hydrogen (secondary N) is 1. The monoisotopic (exact) mass is 452 g/mol. The molecule has 2 aliphatic rings. The van der Waals surface area contributed by atoms with E-state index < -0.39 is 12.0 Å². The number of hydrogen-bond donors (Lipinski definition) is 1. The molecule has 2 heterocycles. The van der Waals surface area contributed by atoms with Gasteiger partial charge in [-0.15, -0.1) is 0 Å². The summed E-state index contributed by atoms with van der Waals surface area (Å²) in [4.78, 5) is 14.7. The minimum absolute atomic E-state index is 0.341. The molecule has 0 saturated heterocycles. The molecule has 0 fully saturated rings. The second kappa shape index (κ2) is 9.32. The lowest BCUT2D eigenvalue weighted by atomic mass is 9.94. The first kappa shape index (κ1) is 21.7. The van der Waals surface area contributed by atoms with Crippen molar-refractivity contribution in [2.45, 2.75) is 13.0 Å². The van der Waals surface area contributed by atoms with Gasteiger partial charge in [-0.2, -0.15) is 0 Å². The number of esters is 1. The van der Waals surface area contributed by atoms with Crippen LogP contribution < -0.4 is 24.4 Å². The molecule has 0 radical (unpaired) electrons. The molecule has 7 nitrogen and oxygen atoms in total. The Morgan fingerprint density at radius 1 is 1.25 bits per heavy atom. The van der Waals surface area contributed by atoms with E-state index in [0.717, 1.165) is 11.3 Å². The van der Waals surface area contributed by atoms with Crippen LogP contribution in [0.1, 0.15) is 18.5 Å². The van der Waals surface area contributed by atoms with Crippen molar-refractivity contribution in [3.8, 4) is 17.2 Å². The van der Waals surface area contributed by atoms with E-state index in [9.17, 15) is 4.79 Å². The van der Waals surface area contributed by atoms with Crippen LogP contribution in [-0.4, -0.2) is 38.0 Å². The topological polar surface area (TPSA) is 69.3 Å². The zero-order valence-electron chi connectivity index (χ0n) is 17.9. The Hall–Kier alpha value is -3.52. The highest BCUT2D eigenvalue weighted by Crippen LogP contribution is 2.40. The summed E-state index contributed by atoms with van der Waals surface area (Å²) in [6.07, 6.45) is 1.67. The van der Waals surface area contributed by atoms with Gasteiger partial charge in [0.15, 0.2) is 16.6 Å². The van der Waals surface area contributed by atoms with Crippen LogP contribution in [0.15, 0.2) is 66.4 Å². The third-order valence-electron chi connectivity index (χ3n) is 5.26. The number of benzene rings is 2. The van der Waals surface area contributed by atoms with Crippen molar-refractivity contribution in [1.29, 1.82) is 0 Å². The number of methoxy groups -OCH3 is 1. The second-order valence-corrected chi connectivity index (χ2v) is 7.56. The van der Waals surface area contributed by atoms with E-state index in [-0.39, 0.29) is 0 Å². The Kier molecular flexibility index (Phi) is 6.32. The Labute approximate surface area is 192 Å². The number of allylic oxidation sites excluding steroid dienone is 1. The van der Waals surface area contributed by atoms with Crippen molar-refractivity contribution in [1.82, 2.24) is 5.32 Å². The number of carbonyl (C=O) groups is 1. The summed E-state index contributed by atoms with van der Waals surface area (Å²) in [6, 6.07) is 12.5. The summed E-state index contributed by atoms with van der Waals surface area (Å²) in [5.41, 5.74) is 2.62. The quantitative estimate of drug-likeness (QED) is 0.402. The van der Waals surface area contributed by atoms with E-state index in [4.69, 9.17) is 31.2 Å². The summed E-state index contributed by atoms with van der Waals surface area (Å²) in [6.45, 7) is 6.87. The third-order valence-corrected chi connectivity index (χ3v) is 5.56. The summed E-state index contributed by atoms with van der Waals surface area (Å²) in [5.74, 6) is 1.49. The van der Waals surface area contributed by atoms with Crippen LogP contribution in [0.3, 0.4) is 0 Å². The van der Waals surface area contributed by atoms with Crippen LogP contribution in [-0.2, 0) is 9.53 Å². The Morgan fingerprint density at radius 2 is 2.00 bits per heavy atom. The minimum atomic E-state index is -0.538. The highest BCUT2D eigenvalue weighted by Gasteiger charge is 2.36. The molecule has 0 unspecified atom stereocenters. The van der Waals surface area contributed by atoms with Gasteiger partial charge in [0.25, 0.3) is 0 Å². The summed E-state index contributed by atoms with van der Waals surface area (Å²) >= 11 is 5.72. The van der Waals surface area contributed by atoms with Gasteiger partial charge in [0, 0.05) is 17.3 Å². The molecule has 2 aliphatic heterocycles. The largest absolute Gasteiger partial charge is 0.489 e. The zero-order chi connectivity index (χ0) is 22.7. The summed E-state index contributed by atoms with van der Waals surface area (Å²) < 4.78 is 22.3. The van der Waals surface area contributed by atoms with E-state index in [1.165, 1.54) is 7.11 Å². The number of carbonyl (C=O) groups excluding carboxylic acids is 1. The maximum absolute atomic E-state index is 12.9. The van der Waals surface area contributed by atoms with E-state index in [1.54, 1.807) is 11.0 Å². The average molecular weight is 453 g/mol. The highest BCUT2D eigenvalue weighted by atomic mass is 32.1. The lowest BCUT2D eigenvalue weighted by Gasteiger charge is -2.38. The molecule has 0 aliphatic carbocycles. The SMILES string of the molecule is C=CCOc1ccccc1[C@@H]1NC(=S)N(c2ccc3c(c2)OCCO3)C(C)=C1C(=O)OC. The molecule has 4 rings (SSSR count). The number of anilines is 1. The number of fused-ring (bicyclic) bond motifs is 1. The first-order valence-corrected chi connectivity index (χ1v) is 10.6. The lowest BCUT2D eigenvalue weighted by Crippen LogP contribution is -2.48. The van der Waals surface area contributed by atoms with Gasteiger partial charge in [0.05, 0.1) is 24.4 Å². The fourth-order valence-electron chi connectivity index (χ4n) is 3.83. The molecule has 0 spiro atoms. The highest BCUT2D eigenvalue weighted by molar-refractivity contribution is 7.80. The third kappa shape index (κ3) is 4.01. The van der Waals surface area contributed by atoms with Crippen LogP contribution in [0, 0.1) is 0 Å². The van der Waals surface area contributed by atoms with Crippen molar-refractivity contribution < 1.29 is 23.7 Å². The predicted molar refractivity (Wildman–Crippen MR) is 125 cm³/mol. The van der Waals surface area contributed by atoms with Gasteiger partial charge in [-0.3, -0.25) is 4.90 Å². The second-order valence-electron chi connectivity index (χ2n) is 7.17. The van der Waals surface area contributed by atoms with Gasteiger partial charge in [0.2, 0.25) is 0 Å². The van der Waals surface area contributed by atoms with Gasteiger partial charge in [0.1, 0.15) is 25.6 Å². The van der Waals surface area contributed by atoms with Gasteiger partial charge in [-0.05, 0) is 37.3 Å². The molecule has 0 saturated carbocycles. The molecule has 0 amide bonds. The number of para-hydroxylation sites is 1. The van der Waals surface area contributed by atoms with Crippen LogP contribution in [0.25, 0.3) is 0 Å². The maximum Gasteiger partial charge on any atom is 0.337 e. The van der Waals surface area contributed by atoms with E-state index in [2.05, 4.69) is 11.9 Å². The predicted octanol–water partition coefficient (Wildman–Crippen LogP) is 3.91. The van der Waals surface area contributed by atoms with Crippen LogP contribution in [0.4, 0.5) is 5.69 Å². The van der Waals surface area contributed by atoms with Crippen molar-refractivity contribution in [3.05, 3.63) is 72.0 Å². The molecule has 32 heavy (non-hydrogen) atoms. The van der Waals surface area contributed by atoms with Crippen molar-refractivity contribution in [2.75, 3.05) is 31.8 Å². The molecule has 1 atom stereocenters. The van der Waals surface area contributed by atoms with Crippen molar-refractivity contribution in [2.24, 2.45) is 0 Å². The van der Waals surface area contributed by atoms with Crippen LogP contribution in [0.2, 0.25) is 0 Å². The first-order chi connectivity index (χ1) is 15.5. The van der Waals surface area contributed by atoms with E-state index in [0.29, 0.717) is 53.5 Å². The number of nitrogens with zero attached hydrogens (tertiary/aromatic N) is 1. The van der Waals surface area contributed by atoms with Gasteiger partial charge in [-0.1, -0.05) is 30.9 Å². The van der Waals surface area contributed by atoms with E-state index >= 15 is 0 Å². The number of thiocarbonyl (C=S) groups is 1. The fraction of sp³-hybridized carbons (Fsp3) is 0.250. The van der Waals surface area contributed by atoms with E-state index in [1.807, 2.05) is 49.4 Å². The van der Waals surface area contributed by atoms with Gasteiger partial charge < -0.3 is 24.3 Å². The minimum Gasteiger partial charge on any atom is -0.489 e. The Bertz CT molecular complexity index is 1100. The lowest BCUT2D eigenvalue weighted by molar-refractivity contribution is -0.136. The van der Waals surface area contributed by atoms with Crippen molar-refractivity contribution in [3.63, 3.8) is 0 Å². The summed E-state index contributed by atoms with van der Waals surface area (Å²) in [7, 11) is 1.36. The molecule has 0 aromatic heterocycles. The van der Waals surface area contributed by atoms with Crippen LogP contribution in [0.5, 0.6) is 17.2 Å². The molecular formula is C24H24N2O5S. The maximum atomic E-state index is 12.9. The smallest absolute Gasteiger partial charge is 0.337 e. The van der Waals surface area contributed by atoms with Gasteiger partial charge in [-0.25, -0.2) is 4.79 Å². The average Bonchev–Trinajstić information content (AvgIpc) is 2.82. The standard InChI is InChI=1S/C24H24N2O5S/c1-4-11-29-18-8-6-5-7-17(18)22-21(23(27)28-3)15(2)26(24(32)25-22)16-9-10-19-20(14-16)31-13-12-30-19/h4-10,14,22H,1,11-13H2,2-3H3,(H,25,32)/t22-/m0/s1. The Balaban J connectivity index is 1.80. The van der Waals surface area contributed by atoms with Gasteiger partial charge >= 0.3 is 5.97 Å². The normalized spacial score (nSPS) is 17.5. The first-order valence-electron chi connectivity index (χ1n) is 10.2. The number of ether oxygens (including phenoxy) is 4. The zero-order valence-corrected chi connectivity index (χ0v) is 18.7. The fourth-order valence-corrected chi connectivity index (χ4v) is 4.19. The van der Waals surface area contributed by atoms with Crippen LogP contribution >= 0.6 is 12.2 Å².